The van der Waals surface area contributed by atoms with Crippen LogP contribution >= 0.6 is 0 Å². The molecule has 0 N–H and O–H groups in total. The minimum absolute atomic E-state index is 0.112. The number of pyridine rings is 1. The molecule has 2 saturated heterocycles. The summed E-state index contributed by atoms with van der Waals surface area (Å²) in [5, 5.41) is 0. The van der Waals surface area contributed by atoms with Crippen LogP contribution in [0.2, 0.25) is 0 Å². The van der Waals surface area contributed by atoms with Gasteiger partial charge in [0.2, 0.25) is 0 Å². The van der Waals surface area contributed by atoms with Crippen LogP contribution in [0.1, 0.15) is 28.8 Å². The second-order valence-corrected chi connectivity index (χ2v) is 7.30. The maximum atomic E-state index is 13.4. The van der Waals surface area contributed by atoms with Gasteiger partial charge in [-0.3, -0.25) is 9.69 Å². The topological polar surface area (TPSA) is 39.7 Å². The Bertz CT molecular complexity index is 798. The van der Waals surface area contributed by atoms with Crippen molar-refractivity contribution < 1.29 is 9.18 Å². The zero-order valence-electron chi connectivity index (χ0n) is 15.5. The van der Waals surface area contributed by atoms with E-state index in [9.17, 15) is 9.18 Å². The number of carbonyl (C=O) groups is 1. The number of amides is 1. The van der Waals surface area contributed by atoms with Gasteiger partial charge in [-0.1, -0.05) is 12.1 Å². The molecule has 0 radical (unpaired) electrons. The molecule has 27 heavy (non-hydrogen) atoms. The molecule has 0 saturated carbocycles. The van der Waals surface area contributed by atoms with Crippen molar-refractivity contribution in [2.75, 3.05) is 44.2 Å². The van der Waals surface area contributed by atoms with Crippen molar-refractivity contribution in [1.29, 1.82) is 0 Å². The van der Waals surface area contributed by atoms with Crippen LogP contribution in [0.5, 0.6) is 0 Å². The number of halogens is 1. The molecule has 0 bridgehead atoms. The maximum Gasteiger partial charge on any atom is 0.254 e. The van der Waals surface area contributed by atoms with Crippen molar-refractivity contribution in [1.82, 2.24) is 14.8 Å². The summed E-state index contributed by atoms with van der Waals surface area (Å²) in [7, 11) is 0. The average Bonchev–Trinajstić information content (AvgIpc) is 3.23. The Hall–Kier alpha value is -2.47. The first kappa shape index (κ1) is 17.9. The van der Waals surface area contributed by atoms with Gasteiger partial charge in [0.05, 0.1) is 0 Å². The van der Waals surface area contributed by atoms with Crippen molar-refractivity contribution in [3.63, 3.8) is 0 Å². The normalized spacial score (nSPS) is 18.1. The molecule has 6 heteroatoms. The van der Waals surface area contributed by atoms with Gasteiger partial charge in [0.1, 0.15) is 11.6 Å². The van der Waals surface area contributed by atoms with Gasteiger partial charge < -0.3 is 9.80 Å². The Morgan fingerprint density at radius 1 is 1.00 bits per heavy atom. The predicted octanol–water partition coefficient (Wildman–Crippen LogP) is 2.78. The molecule has 1 aromatic heterocycles. The van der Waals surface area contributed by atoms with Gasteiger partial charge in [0, 0.05) is 57.6 Å². The fourth-order valence-electron chi connectivity index (χ4n) is 3.86. The van der Waals surface area contributed by atoms with Gasteiger partial charge in [-0.15, -0.1) is 0 Å². The summed E-state index contributed by atoms with van der Waals surface area (Å²) in [6.07, 6.45) is 3.92. The van der Waals surface area contributed by atoms with E-state index in [0.29, 0.717) is 0 Å². The van der Waals surface area contributed by atoms with Crippen LogP contribution < -0.4 is 4.90 Å². The maximum absolute atomic E-state index is 13.4. The van der Waals surface area contributed by atoms with Crippen molar-refractivity contribution in [2.45, 2.75) is 19.4 Å². The number of rotatable bonds is 4. The second kappa shape index (κ2) is 8.05. The molecule has 3 heterocycles. The predicted molar refractivity (Wildman–Crippen MR) is 103 cm³/mol. The molecule has 142 valence electrons. The first-order chi connectivity index (χ1) is 13.2. The van der Waals surface area contributed by atoms with E-state index < -0.39 is 0 Å². The van der Waals surface area contributed by atoms with Crippen LogP contribution in [0.15, 0.2) is 42.6 Å². The Balaban J connectivity index is 1.36. The van der Waals surface area contributed by atoms with E-state index in [2.05, 4.69) is 14.8 Å². The molecule has 2 aromatic rings. The summed E-state index contributed by atoms with van der Waals surface area (Å²) in [6.45, 7) is 5.95. The first-order valence-electron chi connectivity index (χ1n) is 9.66. The highest BCUT2D eigenvalue weighted by Crippen LogP contribution is 2.19. The number of nitrogens with zero attached hydrogens (tertiary/aromatic N) is 4. The standard InChI is InChI=1S/C21H25FN4O/c22-19-5-3-4-17(14-19)16-24-10-12-25(13-11-24)20-15-18(6-7-23-20)21(27)26-8-1-2-9-26/h3-7,14-15H,1-2,8-13,16H2. The van der Waals surface area contributed by atoms with E-state index in [1.54, 1.807) is 18.3 Å². The third-order valence-corrected chi connectivity index (χ3v) is 5.38. The zero-order valence-corrected chi connectivity index (χ0v) is 15.5. The summed E-state index contributed by atoms with van der Waals surface area (Å²) >= 11 is 0. The molecule has 5 nitrogen and oxygen atoms in total. The van der Waals surface area contributed by atoms with E-state index in [0.717, 1.165) is 75.6 Å². The molecule has 2 aliphatic rings. The van der Waals surface area contributed by atoms with E-state index in [1.807, 2.05) is 23.1 Å². The van der Waals surface area contributed by atoms with Crippen molar-refractivity contribution in [3.8, 4) is 0 Å². The Kier molecular flexibility index (Phi) is 5.34. The van der Waals surface area contributed by atoms with Crippen LogP contribution in [0.4, 0.5) is 10.2 Å². The molecule has 0 spiro atoms. The lowest BCUT2D eigenvalue weighted by Gasteiger charge is -2.35. The number of benzene rings is 1. The fraction of sp³-hybridized carbons (Fsp3) is 0.429. The largest absolute Gasteiger partial charge is 0.354 e. The number of carbonyl (C=O) groups excluding carboxylic acids is 1. The summed E-state index contributed by atoms with van der Waals surface area (Å²) in [5.74, 6) is 0.793. The van der Waals surface area contributed by atoms with Gasteiger partial charge in [-0.2, -0.15) is 0 Å². The molecule has 0 unspecified atom stereocenters. The molecular formula is C21H25FN4O. The monoisotopic (exact) mass is 368 g/mol. The van der Waals surface area contributed by atoms with Gasteiger partial charge in [0.25, 0.3) is 5.91 Å². The molecule has 2 fully saturated rings. The van der Waals surface area contributed by atoms with Crippen LogP contribution in [0.3, 0.4) is 0 Å². The molecule has 1 aromatic carbocycles. The average molecular weight is 368 g/mol. The van der Waals surface area contributed by atoms with Crippen molar-refractivity contribution >= 4 is 11.7 Å². The van der Waals surface area contributed by atoms with E-state index >= 15 is 0 Å². The van der Waals surface area contributed by atoms with Gasteiger partial charge in [-0.25, -0.2) is 9.37 Å². The third-order valence-electron chi connectivity index (χ3n) is 5.38. The number of likely N-dealkylation sites (tertiary alicyclic amines) is 1. The molecule has 0 aliphatic carbocycles. The third kappa shape index (κ3) is 4.27. The summed E-state index contributed by atoms with van der Waals surface area (Å²) in [6, 6.07) is 10.5. The highest BCUT2D eigenvalue weighted by Gasteiger charge is 2.22. The number of anilines is 1. The lowest BCUT2D eigenvalue weighted by atomic mass is 10.2. The molecule has 4 rings (SSSR count). The van der Waals surface area contributed by atoms with E-state index in [1.165, 1.54) is 6.07 Å². The lowest BCUT2D eigenvalue weighted by molar-refractivity contribution is 0.0792. The van der Waals surface area contributed by atoms with Gasteiger partial charge in [0.15, 0.2) is 0 Å². The lowest BCUT2D eigenvalue weighted by Crippen LogP contribution is -2.46. The molecule has 0 atom stereocenters. The highest BCUT2D eigenvalue weighted by atomic mass is 19.1. The number of hydrogen-bond acceptors (Lipinski definition) is 4. The van der Waals surface area contributed by atoms with Crippen LogP contribution in [-0.2, 0) is 6.54 Å². The summed E-state index contributed by atoms with van der Waals surface area (Å²) < 4.78 is 13.4. The van der Waals surface area contributed by atoms with E-state index in [4.69, 9.17) is 0 Å². The number of piperazine rings is 1. The fourth-order valence-corrected chi connectivity index (χ4v) is 3.86. The van der Waals surface area contributed by atoms with Crippen LogP contribution in [0.25, 0.3) is 0 Å². The number of hydrogen-bond donors (Lipinski definition) is 0. The highest BCUT2D eigenvalue weighted by molar-refractivity contribution is 5.95. The van der Waals surface area contributed by atoms with Crippen LogP contribution in [0, 0.1) is 5.82 Å². The Labute approximate surface area is 159 Å². The molecule has 1 amide bonds. The minimum atomic E-state index is -0.185. The zero-order chi connectivity index (χ0) is 18.6. The molecular weight excluding hydrogens is 343 g/mol. The van der Waals surface area contributed by atoms with Crippen molar-refractivity contribution in [2.24, 2.45) is 0 Å². The van der Waals surface area contributed by atoms with Crippen molar-refractivity contribution in [3.05, 3.63) is 59.5 Å². The first-order valence-corrected chi connectivity index (χ1v) is 9.66. The minimum Gasteiger partial charge on any atom is -0.354 e. The van der Waals surface area contributed by atoms with Gasteiger partial charge >= 0.3 is 0 Å². The van der Waals surface area contributed by atoms with E-state index in [-0.39, 0.29) is 11.7 Å². The Morgan fingerprint density at radius 3 is 2.52 bits per heavy atom. The summed E-state index contributed by atoms with van der Waals surface area (Å²) in [4.78, 5) is 23.6. The Morgan fingerprint density at radius 2 is 1.78 bits per heavy atom. The smallest absolute Gasteiger partial charge is 0.254 e. The quantitative estimate of drug-likeness (QED) is 0.832. The SMILES string of the molecule is O=C(c1ccnc(N2CCN(Cc3cccc(F)c3)CC2)c1)N1CCCC1. The van der Waals surface area contributed by atoms with Crippen LogP contribution in [-0.4, -0.2) is 60.0 Å². The molecule has 2 aliphatic heterocycles. The van der Waals surface area contributed by atoms with Gasteiger partial charge in [-0.05, 0) is 42.7 Å². The summed E-state index contributed by atoms with van der Waals surface area (Å²) in [5.41, 5.74) is 1.73. The number of aromatic nitrogens is 1. The second-order valence-electron chi connectivity index (χ2n) is 7.30.